The number of aliphatic hydroxyl groups is 1. The number of aliphatic hydroxyl groups excluding tert-OH is 1. The van der Waals surface area contributed by atoms with Crippen LogP contribution in [0.2, 0.25) is 0 Å². The smallest absolute Gasteiger partial charge is 0.241 e. The first-order valence-electron chi connectivity index (χ1n) is 6.43. The third-order valence-corrected chi connectivity index (χ3v) is 5.31. The zero-order valence-electron chi connectivity index (χ0n) is 11.4. The van der Waals surface area contributed by atoms with Gasteiger partial charge in [0.1, 0.15) is 0 Å². The molecule has 1 rings (SSSR count). The molecule has 0 aliphatic rings. The van der Waals surface area contributed by atoms with Crippen LogP contribution in [0.25, 0.3) is 0 Å². The van der Waals surface area contributed by atoms with Crippen LogP contribution in [0, 0.1) is 0 Å². The Bertz CT molecular complexity index is 471. The number of rotatable bonds is 9. The molecule has 1 heterocycles. The summed E-state index contributed by atoms with van der Waals surface area (Å²) in [6, 6.07) is 1.51. The summed E-state index contributed by atoms with van der Waals surface area (Å²) in [5.41, 5.74) is 0. The highest BCUT2D eigenvalue weighted by Gasteiger charge is 2.15. The second-order valence-corrected chi connectivity index (χ2v) is 7.00. The summed E-state index contributed by atoms with van der Waals surface area (Å²) in [6.07, 6.45) is 1.06. The molecule has 0 unspecified atom stereocenters. The SMILES string of the molecule is CCCN(CC)CCNS(=O)(=O)c1csc(CO)c1. The number of nitrogens with zero attached hydrogens (tertiary/aromatic N) is 1. The van der Waals surface area contributed by atoms with Crippen LogP contribution in [-0.4, -0.2) is 44.6 Å². The van der Waals surface area contributed by atoms with Crippen LogP contribution in [-0.2, 0) is 16.6 Å². The van der Waals surface area contributed by atoms with Crippen LogP contribution >= 0.6 is 11.3 Å². The van der Waals surface area contributed by atoms with E-state index in [1.807, 2.05) is 0 Å². The first kappa shape index (κ1) is 16.6. The predicted molar refractivity (Wildman–Crippen MR) is 77.8 cm³/mol. The van der Waals surface area contributed by atoms with Gasteiger partial charge in [0.25, 0.3) is 0 Å². The van der Waals surface area contributed by atoms with Gasteiger partial charge in [0, 0.05) is 23.3 Å². The maximum atomic E-state index is 12.0. The van der Waals surface area contributed by atoms with Crippen molar-refractivity contribution >= 4 is 21.4 Å². The number of hydrogen-bond acceptors (Lipinski definition) is 5. The fourth-order valence-corrected chi connectivity index (χ4v) is 3.90. The van der Waals surface area contributed by atoms with E-state index in [0.717, 1.165) is 19.5 Å². The highest BCUT2D eigenvalue weighted by molar-refractivity contribution is 7.89. The monoisotopic (exact) mass is 306 g/mol. The minimum atomic E-state index is -3.45. The minimum absolute atomic E-state index is 0.125. The van der Waals surface area contributed by atoms with Crippen LogP contribution < -0.4 is 4.72 Å². The number of thiophene rings is 1. The van der Waals surface area contributed by atoms with Crippen LogP contribution in [0.3, 0.4) is 0 Å². The first-order chi connectivity index (χ1) is 9.03. The summed E-state index contributed by atoms with van der Waals surface area (Å²) in [5, 5.41) is 10.5. The summed E-state index contributed by atoms with van der Waals surface area (Å²) >= 11 is 1.25. The Kier molecular flexibility index (Phi) is 6.95. The average Bonchev–Trinajstić information content (AvgIpc) is 2.87. The van der Waals surface area contributed by atoms with E-state index in [2.05, 4.69) is 23.5 Å². The molecule has 0 fully saturated rings. The molecular weight excluding hydrogens is 284 g/mol. The molecule has 2 N–H and O–H groups in total. The van der Waals surface area contributed by atoms with Gasteiger partial charge < -0.3 is 10.0 Å². The van der Waals surface area contributed by atoms with Crippen LogP contribution in [0.15, 0.2) is 16.3 Å². The Morgan fingerprint density at radius 3 is 2.63 bits per heavy atom. The number of nitrogens with one attached hydrogen (secondary N) is 1. The van der Waals surface area contributed by atoms with Crippen molar-refractivity contribution in [1.29, 1.82) is 0 Å². The Labute approximate surface area is 119 Å². The summed E-state index contributed by atoms with van der Waals surface area (Å²) < 4.78 is 26.6. The van der Waals surface area contributed by atoms with Crippen molar-refractivity contribution in [3.63, 3.8) is 0 Å². The van der Waals surface area contributed by atoms with Crippen molar-refractivity contribution in [2.45, 2.75) is 31.8 Å². The second kappa shape index (κ2) is 7.96. The molecule has 110 valence electrons. The lowest BCUT2D eigenvalue weighted by atomic mass is 10.4. The molecule has 0 aliphatic heterocycles. The summed E-state index contributed by atoms with van der Waals surface area (Å²) in [4.78, 5) is 3.09. The van der Waals surface area contributed by atoms with Gasteiger partial charge in [-0.25, -0.2) is 13.1 Å². The van der Waals surface area contributed by atoms with Crippen molar-refractivity contribution < 1.29 is 13.5 Å². The van der Waals surface area contributed by atoms with E-state index in [1.165, 1.54) is 17.4 Å². The topological polar surface area (TPSA) is 69.6 Å². The molecule has 0 aromatic carbocycles. The number of hydrogen-bond donors (Lipinski definition) is 2. The Balaban J connectivity index is 2.51. The summed E-state index contributed by atoms with van der Waals surface area (Å²) in [6.45, 7) is 7.06. The lowest BCUT2D eigenvalue weighted by molar-refractivity contribution is 0.285. The van der Waals surface area contributed by atoms with Crippen molar-refractivity contribution in [3.05, 3.63) is 16.3 Å². The van der Waals surface area contributed by atoms with E-state index >= 15 is 0 Å². The van der Waals surface area contributed by atoms with E-state index in [1.54, 1.807) is 5.38 Å². The first-order valence-corrected chi connectivity index (χ1v) is 8.80. The van der Waals surface area contributed by atoms with Gasteiger partial charge in [-0.1, -0.05) is 13.8 Å². The molecule has 0 radical (unpaired) electrons. The lowest BCUT2D eigenvalue weighted by Gasteiger charge is -2.19. The van der Waals surface area contributed by atoms with Crippen LogP contribution in [0.1, 0.15) is 25.1 Å². The largest absolute Gasteiger partial charge is 0.391 e. The molecule has 1 aromatic rings. The Morgan fingerprint density at radius 1 is 1.37 bits per heavy atom. The van der Waals surface area contributed by atoms with Gasteiger partial charge >= 0.3 is 0 Å². The van der Waals surface area contributed by atoms with E-state index in [9.17, 15) is 8.42 Å². The van der Waals surface area contributed by atoms with Gasteiger partial charge in [0.15, 0.2) is 0 Å². The van der Waals surface area contributed by atoms with Crippen LogP contribution in [0.5, 0.6) is 0 Å². The van der Waals surface area contributed by atoms with Gasteiger partial charge in [-0.15, -0.1) is 11.3 Å². The summed E-state index contributed by atoms with van der Waals surface area (Å²) in [5.74, 6) is 0. The fourth-order valence-electron chi connectivity index (χ4n) is 1.75. The standard InChI is InChI=1S/C12H22N2O3S2/c1-3-6-14(4-2)7-5-13-19(16,17)12-8-11(9-15)18-10-12/h8,10,13,15H,3-7,9H2,1-2H3. The highest BCUT2D eigenvalue weighted by atomic mass is 32.2. The van der Waals surface area contributed by atoms with Gasteiger partial charge in [0.05, 0.1) is 11.5 Å². The molecule has 0 bridgehead atoms. The fraction of sp³-hybridized carbons (Fsp3) is 0.667. The average molecular weight is 306 g/mol. The normalized spacial score (nSPS) is 12.2. The van der Waals surface area contributed by atoms with Gasteiger partial charge in [0.2, 0.25) is 10.0 Å². The molecule has 0 spiro atoms. The third-order valence-electron chi connectivity index (χ3n) is 2.80. The van der Waals surface area contributed by atoms with E-state index < -0.39 is 10.0 Å². The second-order valence-electron chi connectivity index (χ2n) is 4.24. The maximum Gasteiger partial charge on any atom is 0.241 e. The third kappa shape index (κ3) is 5.19. The van der Waals surface area contributed by atoms with Crippen molar-refractivity contribution in [3.8, 4) is 0 Å². The Morgan fingerprint density at radius 2 is 2.11 bits per heavy atom. The number of likely N-dealkylation sites (N-methyl/N-ethyl adjacent to an activating group) is 1. The van der Waals surface area contributed by atoms with E-state index in [0.29, 0.717) is 18.0 Å². The van der Waals surface area contributed by atoms with Crippen molar-refractivity contribution in [2.24, 2.45) is 0 Å². The molecule has 0 atom stereocenters. The molecule has 7 heteroatoms. The zero-order chi connectivity index (χ0) is 14.3. The highest BCUT2D eigenvalue weighted by Crippen LogP contribution is 2.18. The maximum absolute atomic E-state index is 12.0. The van der Waals surface area contributed by atoms with Crippen molar-refractivity contribution in [2.75, 3.05) is 26.2 Å². The zero-order valence-corrected chi connectivity index (χ0v) is 13.1. The van der Waals surface area contributed by atoms with Gasteiger partial charge in [-0.2, -0.15) is 0 Å². The van der Waals surface area contributed by atoms with Crippen LogP contribution in [0.4, 0.5) is 0 Å². The molecule has 0 amide bonds. The molecule has 1 aromatic heterocycles. The van der Waals surface area contributed by atoms with E-state index in [4.69, 9.17) is 5.11 Å². The van der Waals surface area contributed by atoms with E-state index in [-0.39, 0.29) is 11.5 Å². The molecule has 0 saturated carbocycles. The number of sulfonamides is 1. The Hall–Kier alpha value is -0.470. The molecular formula is C12H22N2O3S2. The molecule has 5 nitrogen and oxygen atoms in total. The van der Waals surface area contributed by atoms with Gasteiger partial charge in [-0.05, 0) is 25.6 Å². The van der Waals surface area contributed by atoms with Crippen molar-refractivity contribution in [1.82, 2.24) is 9.62 Å². The lowest BCUT2D eigenvalue weighted by Crippen LogP contribution is -2.35. The predicted octanol–water partition coefficient (Wildman–Crippen LogP) is 1.25. The van der Waals surface area contributed by atoms with Gasteiger partial charge in [-0.3, -0.25) is 0 Å². The minimum Gasteiger partial charge on any atom is -0.391 e. The molecule has 0 saturated heterocycles. The molecule has 0 aliphatic carbocycles. The molecule has 19 heavy (non-hydrogen) atoms. The summed E-state index contributed by atoms with van der Waals surface area (Å²) in [7, 11) is -3.45. The quantitative estimate of drug-likeness (QED) is 0.720.